The number of amides is 3. The van der Waals surface area contributed by atoms with Gasteiger partial charge in [0.1, 0.15) is 16.5 Å². The zero-order chi connectivity index (χ0) is 23.7. The third kappa shape index (κ3) is 4.66. The highest BCUT2D eigenvalue weighted by molar-refractivity contribution is 6.53. The lowest BCUT2D eigenvalue weighted by Gasteiger charge is -2.15. The van der Waals surface area contributed by atoms with Crippen LogP contribution in [-0.2, 0) is 9.59 Å². The summed E-state index contributed by atoms with van der Waals surface area (Å²) < 4.78 is 0. The third-order valence-corrected chi connectivity index (χ3v) is 5.80. The predicted octanol–water partition coefficient (Wildman–Crippen LogP) is 5.39. The second-order valence-corrected chi connectivity index (χ2v) is 8.13. The number of benzene rings is 3. The van der Waals surface area contributed by atoms with Crippen molar-refractivity contribution in [3.63, 3.8) is 0 Å². The summed E-state index contributed by atoms with van der Waals surface area (Å²) in [5.41, 5.74) is 1.35. The van der Waals surface area contributed by atoms with E-state index in [4.69, 9.17) is 34.8 Å². The molecule has 0 spiro atoms. The molecule has 166 valence electrons. The Balaban J connectivity index is 1.49. The molecule has 0 saturated heterocycles. The zero-order valence-electron chi connectivity index (χ0n) is 16.6. The van der Waals surface area contributed by atoms with E-state index in [1.165, 1.54) is 42.5 Å². The van der Waals surface area contributed by atoms with Gasteiger partial charge in [-0.2, -0.15) is 0 Å². The third-order valence-electron chi connectivity index (χ3n) is 4.71. The Morgan fingerprint density at radius 1 is 0.818 bits per heavy atom. The molecule has 0 radical (unpaired) electrons. The van der Waals surface area contributed by atoms with Crippen molar-refractivity contribution in [2.45, 2.75) is 0 Å². The molecular formula is C23H14Cl3N3O4. The molecule has 3 amide bonds. The number of rotatable bonds is 5. The van der Waals surface area contributed by atoms with Crippen LogP contribution in [0.2, 0.25) is 10.0 Å². The summed E-state index contributed by atoms with van der Waals surface area (Å²) >= 11 is 18.0. The number of anilines is 3. The lowest BCUT2D eigenvalue weighted by atomic mass is 10.2. The van der Waals surface area contributed by atoms with Crippen LogP contribution in [0, 0.1) is 0 Å². The predicted molar refractivity (Wildman–Crippen MR) is 128 cm³/mol. The molecule has 4 rings (SSSR count). The molecule has 0 bridgehead atoms. The van der Waals surface area contributed by atoms with Crippen molar-refractivity contribution in [1.29, 1.82) is 0 Å². The van der Waals surface area contributed by atoms with Crippen LogP contribution < -0.4 is 15.5 Å². The summed E-state index contributed by atoms with van der Waals surface area (Å²) in [5.74, 6) is -1.72. The fourth-order valence-corrected chi connectivity index (χ4v) is 3.61. The van der Waals surface area contributed by atoms with Gasteiger partial charge in [-0.25, -0.2) is 4.90 Å². The van der Waals surface area contributed by atoms with Crippen molar-refractivity contribution in [1.82, 2.24) is 0 Å². The van der Waals surface area contributed by atoms with Gasteiger partial charge in [0.05, 0.1) is 15.7 Å². The van der Waals surface area contributed by atoms with Crippen LogP contribution in [-0.4, -0.2) is 22.8 Å². The van der Waals surface area contributed by atoms with Gasteiger partial charge < -0.3 is 15.7 Å². The Hall–Kier alpha value is -3.52. The van der Waals surface area contributed by atoms with Crippen LogP contribution in [0.4, 0.5) is 17.1 Å². The van der Waals surface area contributed by atoms with E-state index in [1.807, 2.05) is 0 Å². The van der Waals surface area contributed by atoms with Crippen LogP contribution >= 0.6 is 34.8 Å². The molecule has 1 heterocycles. The topological polar surface area (TPSA) is 98.7 Å². The second-order valence-electron chi connectivity index (χ2n) is 6.94. The minimum absolute atomic E-state index is 0.0307. The number of carbonyl (C=O) groups excluding carboxylic acids is 3. The van der Waals surface area contributed by atoms with Gasteiger partial charge in [-0.05, 0) is 54.6 Å². The van der Waals surface area contributed by atoms with Crippen LogP contribution in [0.5, 0.6) is 5.75 Å². The SMILES string of the molecule is O=C(Nc1cccc(O)c1)c1ccc(NC2=C(Cl)C(=O)N(c3ccc(Cl)c(Cl)c3)C2=O)cc1. The van der Waals surface area contributed by atoms with Gasteiger partial charge in [-0.1, -0.05) is 40.9 Å². The van der Waals surface area contributed by atoms with Gasteiger partial charge in [0.2, 0.25) is 0 Å². The molecule has 0 atom stereocenters. The van der Waals surface area contributed by atoms with Gasteiger partial charge in [0.15, 0.2) is 0 Å². The standard InChI is InChI=1S/C23H14Cl3N3O4/c24-17-9-8-15(11-18(17)25)29-22(32)19(26)20(23(29)33)27-13-6-4-12(5-7-13)21(31)28-14-2-1-3-16(30)10-14/h1-11,27,30H,(H,28,31). The molecule has 1 aliphatic heterocycles. The van der Waals surface area contributed by atoms with E-state index < -0.39 is 11.8 Å². The number of hydrogen-bond acceptors (Lipinski definition) is 5. The van der Waals surface area contributed by atoms with Crippen molar-refractivity contribution in [2.24, 2.45) is 0 Å². The number of hydrogen-bond donors (Lipinski definition) is 3. The quantitative estimate of drug-likeness (QED) is 0.407. The van der Waals surface area contributed by atoms with Crippen molar-refractivity contribution in [3.05, 3.63) is 93.1 Å². The molecule has 7 nitrogen and oxygen atoms in total. The monoisotopic (exact) mass is 501 g/mol. The maximum absolute atomic E-state index is 12.9. The molecule has 10 heteroatoms. The van der Waals surface area contributed by atoms with Crippen LogP contribution in [0.3, 0.4) is 0 Å². The van der Waals surface area contributed by atoms with Gasteiger partial charge in [0, 0.05) is 23.0 Å². The van der Waals surface area contributed by atoms with Crippen molar-refractivity contribution in [3.8, 4) is 5.75 Å². The van der Waals surface area contributed by atoms with Gasteiger partial charge in [0.25, 0.3) is 17.7 Å². The highest BCUT2D eigenvalue weighted by Gasteiger charge is 2.39. The normalized spacial score (nSPS) is 13.5. The van der Waals surface area contributed by atoms with E-state index in [1.54, 1.807) is 24.3 Å². The van der Waals surface area contributed by atoms with Crippen molar-refractivity contribution >= 4 is 69.6 Å². The molecule has 3 aromatic rings. The Bertz CT molecular complexity index is 1320. The molecule has 0 aromatic heterocycles. The number of nitrogens with zero attached hydrogens (tertiary/aromatic N) is 1. The molecule has 0 saturated carbocycles. The summed E-state index contributed by atoms with van der Waals surface area (Å²) in [7, 11) is 0. The highest BCUT2D eigenvalue weighted by atomic mass is 35.5. The number of phenolic OH excluding ortho intramolecular Hbond substituents is 1. The Labute approximate surface area is 203 Å². The summed E-state index contributed by atoms with van der Waals surface area (Å²) in [5, 5.41) is 15.2. The van der Waals surface area contributed by atoms with Gasteiger partial charge in [-0.3, -0.25) is 14.4 Å². The maximum Gasteiger partial charge on any atom is 0.283 e. The average molecular weight is 503 g/mol. The average Bonchev–Trinajstić information content (AvgIpc) is 2.99. The Morgan fingerprint density at radius 2 is 1.55 bits per heavy atom. The van der Waals surface area contributed by atoms with Crippen molar-refractivity contribution < 1.29 is 19.5 Å². The number of carbonyl (C=O) groups is 3. The summed E-state index contributed by atoms with van der Waals surface area (Å²) in [4.78, 5) is 38.8. The molecule has 3 N–H and O–H groups in total. The summed E-state index contributed by atoms with van der Waals surface area (Å²) in [6, 6.07) is 16.7. The maximum atomic E-state index is 12.9. The second kappa shape index (κ2) is 9.15. The lowest BCUT2D eigenvalue weighted by Crippen LogP contribution is -2.32. The molecule has 0 aliphatic carbocycles. The zero-order valence-corrected chi connectivity index (χ0v) is 18.9. The summed E-state index contributed by atoms with van der Waals surface area (Å²) in [6.45, 7) is 0. The minimum atomic E-state index is -0.704. The Morgan fingerprint density at radius 3 is 2.21 bits per heavy atom. The number of aromatic hydroxyl groups is 1. The fraction of sp³-hybridized carbons (Fsp3) is 0. The summed E-state index contributed by atoms with van der Waals surface area (Å²) in [6.07, 6.45) is 0. The number of imide groups is 1. The fourth-order valence-electron chi connectivity index (χ4n) is 3.11. The van der Waals surface area contributed by atoms with Crippen LogP contribution in [0.25, 0.3) is 0 Å². The van der Waals surface area contributed by atoms with Crippen LogP contribution in [0.15, 0.2) is 77.5 Å². The lowest BCUT2D eigenvalue weighted by molar-refractivity contribution is -0.120. The first-order valence-electron chi connectivity index (χ1n) is 9.45. The molecule has 0 unspecified atom stereocenters. The van der Waals surface area contributed by atoms with E-state index in [2.05, 4.69) is 10.6 Å². The first kappa shape index (κ1) is 22.7. The van der Waals surface area contributed by atoms with Crippen LogP contribution in [0.1, 0.15) is 10.4 Å². The van der Waals surface area contributed by atoms with E-state index in [0.717, 1.165) is 4.90 Å². The van der Waals surface area contributed by atoms with E-state index in [-0.39, 0.29) is 38.1 Å². The van der Waals surface area contributed by atoms with E-state index in [0.29, 0.717) is 16.9 Å². The first-order chi connectivity index (χ1) is 15.7. The largest absolute Gasteiger partial charge is 0.508 e. The van der Waals surface area contributed by atoms with Crippen molar-refractivity contribution in [2.75, 3.05) is 15.5 Å². The number of phenols is 1. The highest BCUT2D eigenvalue weighted by Crippen LogP contribution is 2.33. The minimum Gasteiger partial charge on any atom is -0.508 e. The number of nitrogens with one attached hydrogen (secondary N) is 2. The molecule has 1 aliphatic rings. The van der Waals surface area contributed by atoms with E-state index >= 15 is 0 Å². The van der Waals surface area contributed by atoms with Gasteiger partial charge >= 0.3 is 0 Å². The molecular weight excluding hydrogens is 489 g/mol. The first-order valence-corrected chi connectivity index (χ1v) is 10.6. The number of halogens is 3. The molecule has 3 aromatic carbocycles. The smallest absolute Gasteiger partial charge is 0.283 e. The molecule has 0 fully saturated rings. The Kier molecular flexibility index (Phi) is 6.29. The van der Waals surface area contributed by atoms with Gasteiger partial charge in [-0.15, -0.1) is 0 Å². The molecule has 33 heavy (non-hydrogen) atoms. The van der Waals surface area contributed by atoms with E-state index in [9.17, 15) is 19.5 Å².